The topological polar surface area (TPSA) is 43.8 Å². The van der Waals surface area contributed by atoms with Crippen molar-refractivity contribution in [2.45, 2.75) is 27.2 Å². The lowest BCUT2D eigenvalue weighted by molar-refractivity contribution is -0.140. The van der Waals surface area contributed by atoms with Gasteiger partial charge in [0.15, 0.2) is 0 Å². The maximum Gasteiger partial charge on any atom is 0.308 e. The molecule has 0 aliphatic carbocycles. The summed E-state index contributed by atoms with van der Waals surface area (Å²) >= 11 is 0. The number of hydrogen-bond donors (Lipinski definition) is 1. The van der Waals surface area contributed by atoms with Crippen molar-refractivity contribution in [1.82, 2.24) is 4.90 Å². The molecule has 4 nitrogen and oxygen atoms in total. The predicted octanol–water partition coefficient (Wildman–Crippen LogP) is 2.78. The first-order chi connectivity index (χ1) is 9.81. The van der Waals surface area contributed by atoms with Crippen LogP contribution < -0.4 is 4.90 Å². The van der Waals surface area contributed by atoms with Crippen molar-refractivity contribution in [1.29, 1.82) is 0 Å². The lowest BCUT2D eigenvalue weighted by Crippen LogP contribution is -2.34. The Labute approximate surface area is 128 Å². The van der Waals surface area contributed by atoms with Crippen LogP contribution in [0.25, 0.3) is 0 Å². The van der Waals surface area contributed by atoms with Gasteiger partial charge in [0.2, 0.25) is 0 Å². The fourth-order valence-electron chi connectivity index (χ4n) is 2.36. The first-order valence-electron chi connectivity index (χ1n) is 7.51. The Morgan fingerprint density at radius 2 is 1.90 bits per heavy atom. The van der Waals surface area contributed by atoms with Crippen LogP contribution in [-0.4, -0.2) is 49.7 Å². The van der Waals surface area contributed by atoms with Gasteiger partial charge >= 0.3 is 5.97 Å². The fraction of sp³-hybridized carbons (Fsp3) is 0.588. The molecule has 1 unspecified atom stereocenters. The molecule has 0 amide bonds. The molecule has 0 aliphatic heterocycles. The van der Waals surface area contributed by atoms with Gasteiger partial charge in [0.05, 0.1) is 5.92 Å². The number of anilines is 1. The van der Waals surface area contributed by atoms with E-state index in [0.717, 1.165) is 25.2 Å². The summed E-state index contributed by atoms with van der Waals surface area (Å²) in [5.41, 5.74) is 3.56. The highest BCUT2D eigenvalue weighted by Crippen LogP contribution is 2.23. The van der Waals surface area contributed by atoms with Gasteiger partial charge in [-0.3, -0.25) is 4.79 Å². The van der Waals surface area contributed by atoms with Gasteiger partial charge in [-0.2, -0.15) is 0 Å². The maximum absolute atomic E-state index is 11.2. The molecule has 0 fully saturated rings. The molecule has 0 saturated heterocycles. The van der Waals surface area contributed by atoms with Gasteiger partial charge in [-0.25, -0.2) is 0 Å². The summed E-state index contributed by atoms with van der Waals surface area (Å²) in [6.07, 6.45) is 1.02. The first kappa shape index (κ1) is 17.5. The number of rotatable bonds is 8. The molecule has 21 heavy (non-hydrogen) atoms. The lowest BCUT2D eigenvalue weighted by atomic mass is 10.1. The van der Waals surface area contributed by atoms with Crippen LogP contribution in [0.15, 0.2) is 18.2 Å². The Morgan fingerprint density at radius 1 is 1.24 bits per heavy atom. The molecule has 0 radical (unpaired) electrons. The zero-order valence-corrected chi connectivity index (χ0v) is 13.9. The maximum atomic E-state index is 11.2. The van der Waals surface area contributed by atoms with E-state index in [1.54, 1.807) is 6.92 Å². The number of aliphatic carboxylic acids is 1. The SMILES string of the molecule is Cc1ccc(C)c(N(CCCN(C)C)CC(C)C(=O)O)c1. The Bertz CT molecular complexity index is 472. The number of hydrogen-bond acceptors (Lipinski definition) is 3. The van der Waals surface area contributed by atoms with Gasteiger partial charge in [0, 0.05) is 18.8 Å². The van der Waals surface area contributed by atoms with E-state index in [1.807, 2.05) is 0 Å². The number of aryl methyl sites for hydroxylation is 2. The second-order valence-corrected chi connectivity index (χ2v) is 6.13. The minimum atomic E-state index is -0.738. The molecule has 1 atom stereocenters. The molecule has 0 bridgehead atoms. The molecule has 1 aromatic rings. The third kappa shape index (κ3) is 5.76. The number of carbonyl (C=O) groups is 1. The van der Waals surface area contributed by atoms with Gasteiger partial charge in [-0.15, -0.1) is 0 Å². The van der Waals surface area contributed by atoms with Crippen LogP contribution in [-0.2, 0) is 4.79 Å². The molecule has 4 heteroatoms. The third-order valence-corrected chi connectivity index (χ3v) is 3.65. The second kappa shape index (κ2) is 8.03. The average molecular weight is 292 g/mol. The van der Waals surface area contributed by atoms with Gasteiger partial charge in [-0.05, 0) is 58.1 Å². The summed E-state index contributed by atoms with van der Waals surface area (Å²) in [6.45, 7) is 8.35. The van der Waals surface area contributed by atoms with Crippen LogP contribution in [0.1, 0.15) is 24.5 Å². The largest absolute Gasteiger partial charge is 0.481 e. The van der Waals surface area contributed by atoms with Crippen molar-refractivity contribution < 1.29 is 9.90 Å². The number of benzene rings is 1. The molecule has 118 valence electrons. The average Bonchev–Trinajstić information content (AvgIpc) is 2.39. The Hall–Kier alpha value is -1.55. The Kier molecular flexibility index (Phi) is 6.69. The summed E-state index contributed by atoms with van der Waals surface area (Å²) in [4.78, 5) is 15.5. The van der Waals surface area contributed by atoms with E-state index in [9.17, 15) is 9.90 Å². The minimum absolute atomic E-state index is 0.371. The zero-order chi connectivity index (χ0) is 16.0. The monoisotopic (exact) mass is 292 g/mol. The highest BCUT2D eigenvalue weighted by atomic mass is 16.4. The Balaban J connectivity index is 2.89. The van der Waals surface area contributed by atoms with E-state index < -0.39 is 5.97 Å². The number of carboxylic acids is 1. The third-order valence-electron chi connectivity index (χ3n) is 3.65. The van der Waals surface area contributed by atoms with Crippen molar-refractivity contribution in [2.75, 3.05) is 38.6 Å². The highest BCUT2D eigenvalue weighted by Gasteiger charge is 2.17. The van der Waals surface area contributed by atoms with Crippen molar-refractivity contribution in [2.24, 2.45) is 5.92 Å². The molecular weight excluding hydrogens is 264 g/mol. The molecule has 0 aliphatic rings. The van der Waals surface area contributed by atoms with Crippen LogP contribution >= 0.6 is 0 Å². The molecular formula is C17H28N2O2. The summed E-state index contributed by atoms with van der Waals surface area (Å²) < 4.78 is 0. The van der Waals surface area contributed by atoms with Gasteiger partial charge in [-0.1, -0.05) is 19.1 Å². The van der Waals surface area contributed by atoms with Gasteiger partial charge in [0.1, 0.15) is 0 Å². The van der Waals surface area contributed by atoms with Crippen molar-refractivity contribution in [3.8, 4) is 0 Å². The van der Waals surface area contributed by atoms with E-state index in [2.05, 4.69) is 55.9 Å². The van der Waals surface area contributed by atoms with Crippen LogP contribution in [0.4, 0.5) is 5.69 Å². The van der Waals surface area contributed by atoms with E-state index >= 15 is 0 Å². The van der Waals surface area contributed by atoms with E-state index in [0.29, 0.717) is 6.54 Å². The normalized spacial score (nSPS) is 12.5. The van der Waals surface area contributed by atoms with Crippen LogP contribution in [0.5, 0.6) is 0 Å². The summed E-state index contributed by atoms with van der Waals surface area (Å²) in [5, 5.41) is 9.18. The first-order valence-corrected chi connectivity index (χ1v) is 7.51. The van der Waals surface area contributed by atoms with E-state index in [1.165, 1.54) is 11.1 Å². The minimum Gasteiger partial charge on any atom is -0.481 e. The van der Waals surface area contributed by atoms with Gasteiger partial charge in [0.25, 0.3) is 0 Å². The predicted molar refractivity (Wildman–Crippen MR) is 88.1 cm³/mol. The quantitative estimate of drug-likeness (QED) is 0.800. The van der Waals surface area contributed by atoms with Crippen molar-refractivity contribution in [3.63, 3.8) is 0 Å². The molecule has 0 heterocycles. The summed E-state index contributed by atoms with van der Waals surface area (Å²) in [6, 6.07) is 6.35. The van der Waals surface area contributed by atoms with Crippen LogP contribution in [0, 0.1) is 19.8 Å². The van der Waals surface area contributed by atoms with Crippen molar-refractivity contribution >= 4 is 11.7 Å². The van der Waals surface area contributed by atoms with Crippen molar-refractivity contribution in [3.05, 3.63) is 29.3 Å². The molecule has 0 aromatic heterocycles. The van der Waals surface area contributed by atoms with Gasteiger partial charge < -0.3 is 14.9 Å². The highest BCUT2D eigenvalue weighted by molar-refractivity contribution is 5.70. The molecule has 1 N–H and O–H groups in total. The van der Waals surface area contributed by atoms with Crippen LogP contribution in [0.2, 0.25) is 0 Å². The molecule has 1 aromatic carbocycles. The lowest BCUT2D eigenvalue weighted by Gasteiger charge is -2.29. The summed E-state index contributed by atoms with van der Waals surface area (Å²) in [7, 11) is 4.12. The smallest absolute Gasteiger partial charge is 0.308 e. The Morgan fingerprint density at radius 3 is 2.48 bits per heavy atom. The second-order valence-electron chi connectivity index (χ2n) is 6.13. The standard InChI is InChI=1S/C17H28N2O2/c1-13-7-8-14(2)16(11-13)19(10-6-9-18(4)5)12-15(3)17(20)21/h7-8,11,15H,6,9-10,12H2,1-5H3,(H,20,21). The fourth-order valence-corrected chi connectivity index (χ4v) is 2.36. The van der Waals surface area contributed by atoms with E-state index in [-0.39, 0.29) is 5.92 Å². The zero-order valence-electron chi connectivity index (χ0n) is 13.9. The van der Waals surface area contributed by atoms with Crippen LogP contribution in [0.3, 0.4) is 0 Å². The molecule has 0 spiro atoms. The van der Waals surface area contributed by atoms with E-state index in [4.69, 9.17) is 0 Å². The number of nitrogens with zero attached hydrogens (tertiary/aromatic N) is 2. The molecule has 0 saturated carbocycles. The molecule has 1 rings (SSSR count). The number of carboxylic acid groups (broad SMARTS) is 1. The summed E-state index contributed by atoms with van der Waals surface area (Å²) in [5.74, 6) is -1.11.